The number of alkyl halides is 1. The van der Waals surface area contributed by atoms with Crippen LogP contribution in [0, 0.1) is 17.8 Å². The lowest BCUT2D eigenvalue weighted by molar-refractivity contribution is 0.121. The van der Waals surface area contributed by atoms with Crippen molar-refractivity contribution in [2.75, 3.05) is 20.1 Å². The summed E-state index contributed by atoms with van der Waals surface area (Å²) in [6.07, 6.45) is 1.12. The molecule has 13 heavy (non-hydrogen) atoms. The normalized spacial score (nSPS) is 22.5. The van der Waals surface area contributed by atoms with E-state index in [1.54, 1.807) is 0 Å². The summed E-state index contributed by atoms with van der Waals surface area (Å²) in [5.74, 6) is 5.97. The van der Waals surface area contributed by atoms with Gasteiger partial charge in [0.15, 0.2) is 5.67 Å². The molecule has 1 fully saturated rings. The maximum atomic E-state index is 13.9. The van der Waals surface area contributed by atoms with Gasteiger partial charge in [0, 0.05) is 31.8 Å². The maximum absolute atomic E-state index is 13.9. The third kappa shape index (κ3) is 3.36. The predicted octanol–water partition coefficient (Wildman–Crippen LogP) is 2.08. The Morgan fingerprint density at radius 2 is 1.85 bits per heavy atom. The molecule has 1 saturated heterocycles. The smallest absolute Gasteiger partial charge is 0.173 e. The van der Waals surface area contributed by atoms with Crippen molar-refractivity contribution in [3.05, 3.63) is 0 Å². The van der Waals surface area contributed by atoms with Crippen molar-refractivity contribution >= 4 is 0 Å². The Kier molecular flexibility index (Phi) is 3.33. The van der Waals surface area contributed by atoms with Crippen molar-refractivity contribution in [1.29, 1.82) is 0 Å². The van der Waals surface area contributed by atoms with Crippen molar-refractivity contribution in [3.63, 3.8) is 0 Å². The maximum Gasteiger partial charge on any atom is 0.173 e. The molecule has 0 spiro atoms. The first-order chi connectivity index (χ1) is 6.02. The van der Waals surface area contributed by atoms with E-state index in [2.05, 4.69) is 16.7 Å². The molecule has 1 heterocycles. The Bertz CT molecular complexity index is 216. The molecule has 0 N–H and O–H groups in total. The fraction of sp³-hybridized carbons (Fsp3) is 0.818. The zero-order valence-corrected chi connectivity index (χ0v) is 8.73. The summed E-state index contributed by atoms with van der Waals surface area (Å²) in [4.78, 5) is 2.15. The molecule has 0 saturated carbocycles. The van der Waals surface area contributed by atoms with E-state index in [-0.39, 0.29) is 5.92 Å². The zero-order valence-electron chi connectivity index (χ0n) is 8.73. The van der Waals surface area contributed by atoms with E-state index in [1.165, 1.54) is 0 Å². The fourth-order valence-corrected chi connectivity index (χ4v) is 1.37. The van der Waals surface area contributed by atoms with Crippen LogP contribution >= 0.6 is 0 Å². The number of nitrogens with zero attached hydrogens (tertiary/aromatic N) is 1. The Morgan fingerprint density at radius 1 is 1.31 bits per heavy atom. The highest BCUT2D eigenvalue weighted by Crippen LogP contribution is 2.24. The van der Waals surface area contributed by atoms with E-state index in [4.69, 9.17) is 0 Å². The second-order valence-electron chi connectivity index (χ2n) is 4.19. The van der Waals surface area contributed by atoms with Crippen molar-refractivity contribution in [3.8, 4) is 11.8 Å². The van der Waals surface area contributed by atoms with Gasteiger partial charge in [-0.05, 0) is 7.05 Å². The lowest BCUT2D eigenvalue weighted by Crippen LogP contribution is -2.38. The highest BCUT2D eigenvalue weighted by atomic mass is 19.1. The average molecular weight is 183 g/mol. The van der Waals surface area contributed by atoms with Gasteiger partial charge in [0.05, 0.1) is 0 Å². The highest BCUT2D eigenvalue weighted by molar-refractivity contribution is 5.16. The molecule has 0 unspecified atom stereocenters. The van der Waals surface area contributed by atoms with Crippen LogP contribution in [0.2, 0.25) is 0 Å². The molecule has 0 radical (unpaired) electrons. The Morgan fingerprint density at radius 3 is 2.31 bits per heavy atom. The van der Waals surface area contributed by atoms with Gasteiger partial charge < -0.3 is 4.90 Å². The lowest BCUT2D eigenvalue weighted by Gasteiger charge is -2.30. The average Bonchev–Trinajstić information content (AvgIpc) is 2.08. The number of piperidine rings is 1. The van der Waals surface area contributed by atoms with E-state index in [0.717, 1.165) is 13.1 Å². The van der Waals surface area contributed by atoms with Gasteiger partial charge in [-0.15, -0.1) is 0 Å². The monoisotopic (exact) mass is 183 g/mol. The largest absolute Gasteiger partial charge is 0.306 e. The molecule has 1 nitrogen and oxygen atoms in total. The van der Waals surface area contributed by atoms with Gasteiger partial charge >= 0.3 is 0 Å². The molecule has 0 aromatic heterocycles. The molecule has 2 heteroatoms. The minimum atomic E-state index is -1.21. The molecule has 0 aromatic carbocycles. The van der Waals surface area contributed by atoms with Crippen LogP contribution in [0.3, 0.4) is 0 Å². The van der Waals surface area contributed by atoms with Crippen molar-refractivity contribution in [1.82, 2.24) is 4.90 Å². The summed E-state index contributed by atoms with van der Waals surface area (Å²) in [7, 11) is 2.02. The van der Waals surface area contributed by atoms with Crippen molar-refractivity contribution in [2.24, 2.45) is 5.92 Å². The van der Waals surface area contributed by atoms with Crippen molar-refractivity contribution < 1.29 is 4.39 Å². The Hall–Kier alpha value is -0.550. The standard InChI is InChI=1S/C11H18FN/c1-10(2)4-5-11(12)6-8-13(3)9-7-11/h10H,6-9H2,1-3H3. The van der Waals surface area contributed by atoms with Gasteiger partial charge in [-0.3, -0.25) is 0 Å². The van der Waals surface area contributed by atoms with Gasteiger partial charge in [-0.25, -0.2) is 4.39 Å². The molecule has 0 bridgehead atoms. The van der Waals surface area contributed by atoms with Crippen LogP contribution in [0.15, 0.2) is 0 Å². The van der Waals surface area contributed by atoms with E-state index in [1.807, 2.05) is 20.9 Å². The summed E-state index contributed by atoms with van der Waals surface area (Å²) < 4.78 is 13.9. The van der Waals surface area contributed by atoms with Crippen LogP contribution in [-0.4, -0.2) is 30.7 Å². The van der Waals surface area contributed by atoms with Gasteiger partial charge in [0.25, 0.3) is 0 Å². The molecule has 0 aromatic rings. The van der Waals surface area contributed by atoms with Gasteiger partial charge in [0.2, 0.25) is 0 Å². The molecule has 1 aliphatic heterocycles. The number of rotatable bonds is 0. The van der Waals surface area contributed by atoms with Crippen molar-refractivity contribution in [2.45, 2.75) is 32.4 Å². The number of likely N-dealkylation sites (tertiary alicyclic amines) is 1. The van der Waals surface area contributed by atoms with Crippen LogP contribution in [0.1, 0.15) is 26.7 Å². The summed E-state index contributed by atoms with van der Waals surface area (Å²) >= 11 is 0. The van der Waals surface area contributed by atoms with Crippen LogP contribution < -0.4 is 0 Å². The second-order valence-corrected chi connectivity index (χ2v) is 4.19. The molecule has 1 aliphatic rings. The summed E-state index contributed by atoms with van der Waals surface area (Å²) in [5, 5.41) is 0. The number of halogens is 1. The quantitative estimate of drug-likeness (QED) is 0.520. The Labute approximate surface area is 80.3 Å². The molecule has 0 amide bonds. The van der Waals surface area contributed by atoms with Gasteiger partial charge in [-0.1, -0.05) is 25.7 Å². The minimum Gasteiger partial charge on any atom is -0.306 e. The third-order valence-corrected chi connectivity index (χ3v) is 2.36. The van der Waals surface area contributed by atoms with Crippen LogP contribution in [0.4, 0.5) is 4.39 Å². The topological polar surface area (TPSA) is 3.24 Å². The first-order valence-corrected chi connectivity index (χ1v) is 4.92. The fourth-order valence-electron chi connectivity index (χ4n) is 1.37. The lowest BCUT2D eigenvalue weighted by atomic mass is 9.94. The van der Waals surface area contributed by atoms with Crippen LogP contribution in [0.5, 0.6) is 0 Å². The summed E-state index contributed by atoms with van der Waals surface area (Å²) in [6.45, 7) is 5.63. The molecule has 74 valence electrons. The van der Waals surface area contributed by atoms with E-state index >= 15 is 0 Å². The SMILES string of the molecule is CC(C)C#CC1(F)CCN(C)CC1. The second kappa shape index (κ2) is 4.11. The molecular formula is C11H18FN. The Balaban J connectivity index is 2.54. The van der Waals surface area contributed by atoms with Crippen LogP contribution in [0.25, 0.3) is 0 Å². The van der Waals surface area contributed by atoms with E-state index in [0.29, 0.717) is 12.8 Å². The number of hydrogen-bond acceptors (Lipinski definition) is 1. The highest BCUT2D eigenvalue weighted by Gasteiger charge is 2.31. The zero-order chi connectivity index (χ0) is 9.90. The molecule has 1 rings (SSSR count). The van der Waals surface area contributed by atoms with Gasteiger partial charge in [0.1, 0.15) is 0 Å². The van der Waals surface area contributed by atoms with E-state index < -0.39 is 5.67 Å². The summed E-state index contributed by atoms with van der Waals surface area (Å²) in [6, 6.07) is 0. The third-order valence-electron chi connectivity index (χ3n) is 2.36. The molecular weight excluding hydrogens is 165 g/mol. The van der Waals surface area contributed by atoms with Gasteiger partial charge in [-0.2, -0.15) is 0 Å². The molecule has 0 atom stereocenters. The minimum absolute atomic E-state index is 0.271. The first kappa shape index (κ1) is 10.5. The molecule has 0 aliphatic carbocycles. The van der Waals surface area contributed by atoms with E-state index in [9.17, 15) is 4.39 Å². The number of hydrogen-bond donors (Lipinski definition) is 0. The predicted molar refractivity (Wildman–Crippen MR) is 53.2 cm³/mol. The van der Waals surface area contributed by atoms with Crippen LogP contribution in [-0.2, 0) is 0 Å². The summed E-state index contributed by atoms with van der Waals surface area (Å²) in [5.41, 5.74) is -1.21. The first-order valence-electron chi connectivity index (χ1n) is 4.92.